The molecule has 0 spiro atoms. The number of carbonyl (C=O) groups is 1. The third kappa shape index (κ3) is 3.64. The van der Waals surface area contributed by atoms with Crippen LogP contribution in [0, 0.1) is 0 Å². The first-order valence-electron chi connectivity index (χ1n) is 7.45. The lowest BCUT2D eigenvalue weighted by molar-refractivity contribution is 0.139. The first-order chi connectivity index (χ1) is 11.0. The van der Waals surface area contributed by atoms with Gasteiger partial charge in [0.2, 0.25) is 0 Å². The fourth-order valence-electron chi connectivity index (χ4n) is 2.77. The average molecular weight is 334 g/mol. The summed E-state index contributed by atoms with van der Waals surface area (Å²) >= 11 is 5.75. The van der Waals surface area contributed by atoms with Crippen LogP contribution >= 0.6 is 11.6 Å². The van der Waals surface area contributed by atoms with E-state index in [2.05, 4.69) is 0 Å². The van der Waals surface area contributed by atoms with Gasteiger partial charge in [-0.2, -0.15) is 0 Å². The average Bonchev–Trinajstić information content (AvgIpc) is 3.16. The Bertz CT molecular complexity index is 705. The van der Waals surface area contributed by atoms with Gasteiger partial charge in [-0.15, -0.1) is 0 Å². The van der Waals surface area contributed by atoms with Crippen molar-refractivity contribution in [2.45, 2.75) is 30.6 Å². The summed E-state index contributed by atoms with van der Waals surface area (Å²) in [6, 6.07) is 16.7. The summed E-state index contributed by atoms with van der Waals surface area (Å²) in [4.78, 5) is 12.9. The second-order valence-corrected chi connectivity index (χ2v) is 6.47. The number of rotatable bonds is 5. The van der Waals surface area contributed by atoms with Gasteiger partial charge in [-0.3, -0.25) is 4.90 Å². The summed E-state index contributed by atoms with van der Waals surface area (Å²) in [6.45, 7) is 0.501. The molecule has 3 rings (SSSR count). The molecule has 0 radical (unpaired) electrons. The first kappa shape index (κ1) is 15.8. The molecule has 2 aromatic carbocycles. The Kier molecular flexibility index (Phi) is 4.26. The molecule has 2 unspecified atom stereocenters. The fraction of sp³-hybridized carbons (Fsp3) is 0.278. The number of halogens is 2. The van der Waals surface area contributed by atoms with E-state index >= 15 is 0 Å². The summed E-state index contributed by atoms with van der Waals surface area (Å²) in [7, 11) is 0. The Morgan fingerprint density at radius 1 is 1.17 bits per heavy atom. The Hall–Kier alpha value is -2.07. The van der Waals surface area contributed by atoms with Crippen LogP contribution in [0.3, 0.4) is 0 Å². The highest BCUT2D eigenvalue weighted by molar-refractivity contribution is 6.25. The second kappa shape index (κ2) is 6.20. The normalized spacial score (nSPS) is 22.6. The predicted octanol–water partition coefficient (Wildman–Crippen LogP) is 4.76. The molecule has 1 fully saturated rings. The molecule has 120 valence electrons. The van der Waals surface area contributed by atoms with Crippen molar-refractivity contribution in [3.8, 4) is 0 Å². The van der Waals surface area contributed by atoms with Crippen LogP contribution < -0.4 is 0 Å². The third-order valence-corrected chi connectivity index (χ3v) is 4.52. The highest BCUT2D eigenvalue weighted by Crippen LogP contribution is 2.58. The van der Waals surface area contributed by atoms with Gasteiger partial charge in [0.05, 0.1) is 0 Å². The van der Waals surface area contributed by atoms with Crippen molar-refractivity contribution in [3.63, 3.8) is 0 Å². The monoisotopic (exact) mass is 333 g/mol. The zero-order chi connectivity index (χ0) is 16.4. The van der Waals surface area contributed by atoms with Gasteiger partial charge in [0.15, 0.2) is 5.13 Å². The molecule has 1 amide bonds. The third-order valence-electron chi connectivity index (χ3n) is 4.10. The fourth-order valence-corrected chi connectivity index (χ4v) is 3.04. The van der Waals surface area contributed by atoms with Crippen LogP contribution in [0.1, 0.15) is 29.0 Å². The zero-order valence-corrected chi connectivity index (χ0v) is 13.2. The molecular formula is C18H17ClFNO2. The van der Waals surface area contributed by atoms with Crippen LogP contribution in [0.4, 0.5) is 9.18 Å². The summed E-state index contributed by atoms with van der Waals surface area (Å²) in [5, 5.41) is 7.78. The SMILES string of the molecule is O=C(O)N(Cc1ccccc1)Cc1ccccc1C1CC1(F)Cl. The van der Waals surface area contributed by atoms with E-state index in [1.165, 1.54) is 4.90 Å². The Balaban J connectivity index is 1.80. The number of hydrogen-bond donors (Lipinski definition) is 1. The predicted molar refractivity (Wildman–Crippen MR) is 87.2 cm³/mol. The minimum atomic E-state index is -1.69. The number of amides is 1. The molecule has 0 aliphatic heterocycles. The number of alkyl halides is 2. The molecule has 0 saturated heterocycles. The molecule has 23 heavy (non-hydrogen) atoms. The summed E-state index contributed by atoms with van der Waals surface area (Å²) < 4.78 is 13.8. The lowest BCUT2D eigenvalue weighted by atomic mass is 10.0. The minimum Gasteiger partial charge on any atom is -0.465 e. The van der Waals surface area contributed by atoms with E-state index in [0.717, 1.165) is 16.7 Å². The van der Waals surface area contributed by atoms with Crippen molar-refractivity contribution >= 4 is 17.7 Å². The van der Waals surface area contributed by atoms with Crippen molar-refractivity contribution in [2.75, 3.05) is 0 Å². The molecule has 2 atom stereocenters. The van der Waals surface area contributed by atoms with Gasteiger partial charge in [-0.25, -0.2) is 9.18 Å². The van der Waals surface area contributed by atoms with Crippen molar-refractivity contribution in [1.29, 1.82) is 0 Å². The Morgan fingerprint density at radius 3 is 2.39 bits per heavy atom. The summed E-state index contributed by atoms with van der Waals surface area (Å²) in [5.74, 6) is -0.354. The highest BCUT2D eigenvalue weighted by Gasteiger charge is 2.55. The molecule has 2 aromatic rings. The maximum Gasteiger partial charge on any atom is 0.407 e. The molecule has 1 aliphatic carbocycles. The number of hydrogen-bond acceptors (Lipinski definition) is 1. The number of carboxylic acid groups (broad SMARTS) is 1. The van der Waals surface area contributed by atoms with Crippen LogP contribution in [0.15, 0.2) is 54.6 Å². The first-order valence-corrected chi connectivity index (χ1v) is 7.82. The molecule has 0 bridgehead atoms. The second-order valence-electron chi connectivity index (χ2n) is 5.84. The van der Waals surface area contributed by atoms with Crippen LogP contribution in [0.2, 0.25) is 0 Å². The maximum atomic E-state index is 13.8. The van der Waals surface area contributed by atoms with Crippen LogP contribution in [-0.4, -0.2) is 21.2 Å². The van der Waals surface area contributed by atoms with Gasteiger partial charge in [0.25, 0.3) is 0 Å². The van der Waals surface area contributed by atoms with E-state index in [9.17, 15) is 14.3 Å². The van der Waals surface area contributed by atoms with Gasteiger partial charge in [0.1, 0.15) is 0 Å². The summed E-state index contributed by atoms with van der Waals surface area (Å²) in [6.07, 6.45) is -0.728. The summed E-state index contributed by atoms with van der Waals surface area (Å²) in [5.41, 5.74) is 2.51. The van der Waals surface area contributed by atoms with E-state index in [-0.39, 0.29) is 25.4 Å². The van der Waals surface area contributed by atoms with Gasteiger partial charge in [0, 0.05) is 25.4 Å². The number of benzene rings is 2. The quantitative estimate of drug-likeness (QED) is 0.801. The standard InChI is InChI=1S/C18H17ClFNO2/c19-18(20)10-16(18)15-9-5-4-8-14(15)12-21(17(22)23)11-13-6-2-1-3-7-13/h1-9,16H,10-12H2,(H,22,23). The topological polar surface area (TPSA) is 40.5 Å². The van der Waals surface area contributed by atoms with E-state index in [1.54, 1.807) is 0 Å². The van der Waals surface area contributed by atoms with Crippen molar-refractivity contribution in [2.24, 2.45) is 0 Å². The lowest BCUT2D eigenvalue weighted by Crippen LogP contribution is -2.28. The molecular weight excluding hydrogens is 317 g/mol. The largest absolute Gasteiger partial charge is 0.465 e. The highest BCUT2D eigenvalue weighted by atomic mass is 35.5. The molecule has 1 N–H and O–H groups in total. The lowest BCUT2D eigenvalue weighted by Gasteiger charge is -2.21. The van der Waals surface area contributed by atoms with Crippen LogP contribution in [0.5, 0.6) is 0 Å². The van der Waals surface area contributed by atoms with E-state index in [0.29, 0.717) is 0 Å². The van der Waals surface area contributed by atoms with Crippen molar-refractivity contribution in [3.05, 3.63) is 71.3 Å². The van der Waals surface area contributed by atoms with Gasteiger partial charge < -0.3 is 5.11 Å². The molecule has 5 heteroatoms. The van der Waals surface area contributed by atoms with Crippen molar-refractivity contribution in [1.82, 2.24) is 4.90 Å². The zero-order valence-electron chi connectivity index (χ0n) is 12.5. The smallest absolute Gasteiger partial charge is 0.407 e. The maximum absolute atomic E-state index is 13.8. The van der Waals surface area contributed by atoms with Crippen LogP contribution in [-0.2, 0) is 13.1 Å². The molecule has 1 aliphatic rings. The van der Waals surface area contributed by atoms with E-state index in [1.807, 2.05) is 54.6 Å². The molecule has 0 aromatic heterocycles. The van der Waals surface area contributed by atoms with Gasteiger partial charge in [-0.1, -0.05) is 66.2 Å². The number of nitrogens with zero attached hydrogens (tertiary/aromatic N) is 1. The van der Waals surface area contributed by atoms with E-state index < -0.39 is 11.2 Å². The van der Waals surface area contributed by atoms with Gasteiger partial charge >= 0.3 is 6.09 Å². The Morgan fingerprint density at radius 2 is 1.78 bits per heavy atom. The van der Waals surface area contributed by atoms with Gasteiger partial charge in [-0.05, 0) is 16.7 Å². The molecule has 3 nitrogen and oxygen atoms in total. The minimum absolute atomic E-state index is 0.212. The van der Waals surface area contributed by atoms with Crippen LogP contribution in [0.25, 0.3) is 0 Å². The molecule has 1 saturated carbocycles. The van der Waals surface area contributed by atoms with E-state index in [4.69, 9.17) is 11.6 Å². The Labute approximate surface area is 139 Å². The van der Waals surface area contributed by atoms with Crippen molar-refractivity contribution < 1.29 is 14.3 Å². The molecule has 0 heterocycles.